The summed E-state index contributed by atoms with van der Waals surface area (Å²) >= 11 is 0. The molecule has 96 valence electrons. The first-order valence-corrected chi connectivity index (χ1v) is 6.61. The maximum atomic E-state index is 4.45. The first kappa shape index (κ1) is 11.5. The molecule has 5 heteroatoms. The Morgan fingerprint density at radius 2 is 2.17 bits per heavy atom. The van der Waals surface area contributed by atoms with E-state index in [1.54, 1.807) is 4.52 Å². The van der Waals surface area contributed by atoms with Crippen molar-refractivity contribution in [1.82, 2.24) is 19.5 Å². The van der Waals surface area contributed by atoms with Gasteiger partial charge < -0.3 is 10.2 Å². The minimum Gasteiger partial charge on any atom is -0.349 e. The molecule has 0 spiro atoms. The summed E-state index contributed by atoms with van der Waals surface area (Å²) < 4.78 is 1.80. The molecule has 3 rings (SSSR count). The highest BCUT2D eigenvalue weighted by Crippen LogP contribution is 2.10. The zero-order valence-electron chi connectivity index (χ0n) is 10.7. The highest BCUT2D eigenvalue weighted by Gasteiger charge is 2.15. The summed E-state index contributed by atoms with van der Waals surface area (Å²) in [6.45, 7) is 5.70. The lowest BCUT2D eigenvalue weighted by atomic mass is 10.3. The van der Waals surface area contributed by atoms with E-state index < -0.39 is 0 Å². The second-order valence-corrected chi connectivity index (χ2v) is 4.99. The Hall–Kier alpha value is -1.62. The topological polar surface area (TPSA) is 45.5 Å². The van der Waals surface area contributed by atoms with Crippen LogP contribution in [0.2, 0.25) is 0 Å². The summed E-state index contributed by atoms with van der Waals surface area (Å²) in [4.78, 5) is 6.94. The molecule has 1 atom stereocenters. The average molecular weight is 245 g/mol. The number of anilines is 1. The van der Waals surface area contributed by atoms with Gasteiger partial charge in [0.1, 0.15) is 0 Å². The highest BCUT2D eigenvalue weighted by molar-refractivity contribution is 5.43. The Labute approximate surface area is 107 Å². The summed E-state index contributed by atoms with van der Waals surface area (Å²) in [5, 5.41) is 7.78. The normalized spacial score (nSPS) is 18.3. The number of nitrogens with one attached hydrogen (secondary N) is 1. The summed E-state index contributed by atoms with van der Waals surface area (Å²) in [5.74, 6) is 0.716. The van der Waals surface area contributed by atoms with Crippen LogP contribution >= 0.6 is 0 Å². The highest BCUT2D eigenvalue weighted by atomic mass is 15.3. The lowest BCUT2D eigenvalue weighted by Gasteiger charge is -2.20. The minimum atomic E-state index is 0.375. The first-order chi connectivity index (χ1) is 8.81. The molecule has 2 aromatic heterocycles. The Balaban J connectivity index is 1.64. The van der Waals surface area contributed by atoms with Crippen molar-refractivity contribution in [3.8, 4) is 0 Å². The predicted molar refractivity (Wildman–Crippen MR) is 71.7 cm³/mol. The van der Waals surface area contributed by atoms with Crippen LogP contribution < -0.4 is 5.32 Å². The van der Waals surface area contributed by atoms with E-state index in [9.17, 15) is 0 Å². The summed E-state index contributed by atoms with van der Waals surface area (Å²) in [5.41, 5.74) is 0.883. The zero-order chi connectivity index (χ0) is 12.4. The Bertz CT molecular complexity index is 482. The van der Waals surface area contributed by atoms with Gasteiger partial charge in [-0.2, -0.15) is 4.98 Å². The molecule has 1 aliphatic heterocycles. The SMILES string of the molecule is CC(CN1CCCC1)Nc1nc2ccccn2n1. The smallest absolute Gasteiger partial charge is 0.243 e. The number of hydrogen-bond acceptors (Lipinski definition) is 4. The van der Waals surface area contributed by atoms with Gasteiger partial charge in [0, 0.05) is 18.8 Å². The molecule has 18 heavy (non-hydrogen) atoms. The van der Waals surface area contributed by atoms with E-state index in [-0.39, 0.29) is 0 Å². The molecule has 1 fully saturated rings. The molecule has 3 heterocycles. The van der Waals surface area contributed by atoms with Gasteiger partial charge in [0.05, 0.1) is 0 Å². The van der Waals surface area contributed by atoms with Gasteiger partial charge >= 0.3 is 0 Å². The molecule has 1 aliphatic rings. The Morgan fingerprint density at radius 3 is 2.94 bits per heavy atom. The van der Waals surface area contributed by atoms with E-state index in [0.29, 0.717) is 12.0 Å². The predicted octanol–water partition coefficient (Wildman–Crippen LogP) is 1.63. The lowest BCUT2D eigenvalue weighted by molar-refractivity contribution is 0.327. The van der Waals surface area contributed by atoms with Gasteiger partial charge in [0.25, 0.3) is 0 Å². The quantitative estimate of drug-likeness (QED) is 0.889. The van der Waals surface area contributed by atoms with Crippen molar-refractivity contribution in [2.75, 3.05) is 25.0 Å². The van der Waals surface area contributed by atoms with Crippen LogP contribution in [0.4, 0.5) is 5.95 Å². The van der Waals surface area contributed by atoms with Crippen molar-refractivity contribution in [2.24, 2.45) is 0 Å². The molecule has 0 aromatic carbocycles. The minimum absolute atomic E-state index is 0.375. The number of nitrogens with zero attached hydrogens (tertiary/aromatic N) is 4. The van der Waals surface area contributed by atoms with Crippen LogP contribution in [0, 0.1) is 0 Å². The molecule has 1 N–H and O–H groups in total. The zero-order valence-corrected chi connectivity index (χ0v) is 10.7. The number of rotatable bonds is 4. The van der Waals surface area contributed by atoms with Crippen molar-refractivity contribution < 1.29 is 0 Å². The van der Waals surface area contributed by atoms with E-state index >= 15 is 0 Å². The van der Waals surface area contributed by atoms with Gasteiger partial charge in [-0.25, -0.2) is 4.52 Å². The summed E-state index contributed by atoms with van der Waals surface area (Å²) in [6, 6.07) is 6.27. The van der Waals surface area contributed by atoms with E-state index in [1.807, 2.05) is 24.4 Å². The third-order valence-corrected chi connectivity index (χ3v) is 3.35. The van der Waals surface area contributed by atoms with Crippen molar-refractivity contribution in [1.29, 1.82) is 0 Å². The van der Waals surface area contributed by atoms with Crippen LogP contribution in [0.25, 0.3) is 5.65 Å². The second kappa shape index (κ2) is 4.94. The average Bonchev–Trinajstić information content (AvgIpc) is 2.96. The van der Waals surface area contributed by atoms with Crippen LogP contribution in [0.5, 0.6) is 0 Å². The molecule has 0 radical (unpaired) electrons. The number of aromatic nitrogens is 3. The molecule has 2 aromatic rings. The van der Waals surface area contributed by atoms with Gasteiger partial charge in [0.15, 0.2) is 5.65 Å². The molecule has 0 amide bonds. The Morgan fingerprint density at radius 1 is 1.33 bits per heavy atom. The van der Waals surface area contributed by atoms with E-state index in [0.717, 1.165) is 12.2 Å². The molecule has 0 saturated carbocycles. The molecular formula is C13H19N5. The van der Waals surface area contributed by atoms with Crippen LogP contribution in [0.1, 0.15) is 19.8 Å². The monoisotopic (exact) mass is 245 g/mol. The lowest BCUT2D eigenvalue weighted by Crippen LogP contribution is -2.33. The molecule has 1 saturated heterocycles. The first-order valence-electron chi connectivity index (χ1n) is 6.61. The molecule has 1 unspecified atom stereocenters. The van der Waals surface area contributed by atoms with Gasteiger partial charge in [0.2, 0.25) is 5.95 Å². The van der Waals surface area contributed by atoms with Crippen LogP contribution in [0.15, 0.2) is 24.4 Å². The molecule has 0 aliphatic carbocycles. The fourth-order valence-corrected chi connectivity index (χ4v) is 2.51. The number of likely N-dealkylation sites (tertiary alicyclic amines) is 1. The van der Waals surface area contributed by atoms with E-state index in [2.05, 4.69) is 27.2 Å². The second-order valence-electron chi connectivity index (χ2n) is 4.99. The number of pyridine rings is 1. The van der Waals surface area contributed by atoms with Crippen molar-refractivity contribution in [3.05, 3.63) is 24.4 Å². The van der Waals surface area contributed by atoms with Gasteiger partial charge in [-0.05, 0) is 45.0 Å². The fourth-order valence-electron chi connectivity index (χ4n) is 2.51. The maximum Gasteiger partial charge on any atom is 0.243 e. The van der Waals surface area contributed by atoms with Crippen LogP contribution in [-0.2, 0) is 0 Å². The molecule has 5 nitrogen and oxygen atoms in total. The van der Waals surface area contributed by atoms with Crippen molar-refractivity contribution >= 4 is 11.6 Å². The molecular weight excluding hydrogens is 226 g/mol. The maximum absolute atomic E-state index is 4.45. The van der Waals surface area contributed by atoms with Gasteiger partial charge in [-0.1, -0.05) is 6.07 Å². The number of hydrogen-bond donors (Lipinski definition) is 1. The standard InChI is InChI=1S/C13H19N5/c1-11(10-17-7-4-5-8-17)14-13-15-12-6-2-3-9-18(12)16-13/h2-3,6,9,11H,4-5,7-8,10H2,1H3,(H,14,16). The van der Waals surface area contributed by atoms with E-state index in [1.165, 1.54) is 25.9 Å². The van der Waals surface area contributed by atoms with E-state index in [4.69, 9.17) is 0 Å². The number of fused-ring (bicyclic) bond motifs is 1. The summed E-state index contributed by atoms with van der Waals surface area (Å²) in [7, 11) is 0. The third-order valence-electron chi connectivity index (χ3n) is 3.35. The largest absolute Gasteiger partial charge is 0.349 e. The third kappa shape index (κ3) is 2.46. The Kier molecular flexibility index (Phi) is 3.15. The van der Waals surface area contributed by atoms with Gasteiger partial charge in [-0.15, -0.1) is 5.10 Å². The van der Waals surface area contributed by atoms with Crippen LogP contribution in [-0.4, -0.2) is 45.2 Å². The fraction of sp³-hybridized carbons (Fsp3) is 0.538. The van der Waals surface area contributed by atoms with Gasteiger partial charge in [-0.3, -0.25) is 0 Å². The van der Waals surface area contributed by atoms with Crippen molar-refractivity contribution in [2.45, 2.75) is 25.8 Å². The van der Waals surface area contributed by atoms with Crippen molar-refractivity contribution in [3.63, 3.8) is 0 Å². The molecule has 0 bridgehead atoms. The van der Waals surface area contributed by atoms with Crippen LogP contribution in [0.3, 0.4) is 0 Å². The summed E-state index contributed by atoms with van der Waals surface area (Å²) in [6.07, 6.45) is 4.58.